The highest BCUT2D eigenvalue weighted by Crippen LogP contribution is 2.40. The summed E-state index contributed by atoms with van der Waals surface area (Å²) in [7, 11) is 0. The third-order valence-corrected chi connectivity index (χ3v) is 6.28. The van der Waals surface area contributed by atoms with Crippen molar-refractivity contribution in [3.63, 3.8) is 0 Å². The van der Waals surface area contributed by atoms with E-state index in [9.17, 15) is 14.4 Å². The molecule has 1 fully saturated rings. The summed E-state index contributed by atoms with van der Waals surface area (Å²) < 4.78 is 10.5. The first-order valence-electron chi connectivity index (χ1n) is 10.3. The topological polar surface area (TPSA) is 85.6 Å². The molecule has 29 heavy (non-hydrogen) atoms. The van der Waals surface area contributed by atoms with Crippen LogP contribution in [0.2, 0.25) is 0 Å². The maximum Gasteiger partial charge on any atom is 0.374 e. The maximum absolute atomic E-state index is 12.2. The minimum absolute atomic E-state index is 0.115. The van der Waals surface area contributed by atoms with Crippen molar-refractivity contribution < 1.29 is 18.7 Å². The largest absolute Gasteiger partial charge is 0.450 e. The van der Waals surface area contributed by atoms with Gasteiger partial charge in [-0.05, 0) is 49.1 Å². The van der Waals surface area contributed by atoms with Crippen molar-refractivity contribution in [1.82, 2.24) is 5.32 Å². The molecule has 0 bridgehead atoms. The number of benzene rings is 1. The second kappa shape index (κ2) is 8.80. The van der Waals surface area contributed by atoms with Crippen LogP contribution in [0.4, 0.5) is 0 Å². The molecule has 0 atom stereocenters. The maximum atomic E-state index is 12.2. The van der Waals surface area contributed by atoms with Gasteiger partial charge in [0.05, 0.1) is 5.39 Å². The number of amides is 1. The summed E-state index contributed by atoms with van der Waals surface area (Å²) in [6.07, 6.45) is 5.21. The summed E-state index contributed by atoms with van der Waals surface area (Å²) in [5.74, 6) is -0.686. The van der Waals surface area contributed by atoms with Crippen LogP contribution in [0.1, 0.15) is 63.4 Å². The molecule has 1 amide bonds. The monoisotopic (exact) mass is 399 g/mol. The molecule has 0 radical (unpaired) electrons. The summed E-state index contributed by atoms with van der Waals surface area (Å²) in [4.78, 5) is 36.4. The Labute approximate surface area is 170 Å². The quantitative estimate of drug-likeness (QED) is 0.741. The van der Waals surface area contributed by atoms with Crippen LogP contribution >= 0.6 is 0 Å². The van der Waals surface area contributed by atoms with Crippen molar-refractivity contribution in [3.05, 3.63) is 46.3 Å². The standard InChI is InChI=1S/C23H29NO5/c1-4-23(2,3)15-9-11-16(12-10-15)24-21(26)14-28-22(27)20-13-18(25)17-7-5-6-8-19(17)29-20/h5-8,13,15-16H,4,9-12,14H2,1-3H3,(H,24,26). The SMILES string of the molecule is CCC(C)(C)C1CCC(NC(=O)COC(=O)c2cc(=O)c3ccccc3o2)CC1. The molecule has 6 nitrogen and oxygen atoms in total. The molecule has 0 spiro atoms. The lowest BCUT2D eigenvalue weighted by atomic mass is 9.69. The Hall–Kier alpha value is -2.63. The molecular weight excluding hydrogens is 370 g/mol. The van der Waals surface area contributed by atoms with Crippen LogP contribution in [-0.4, -0.2) is 24.5 Å². The normalized spacial score (nSPS) is 19.7. The highest BCUT2D eigenvalue weighted by atomic mass is 16.5. The minimum atomic E-state index is -0.823. The molecule has 1 saturated carbocycles. The molecule has 1 aliphatic rings. The second-order valence-electron chi connectivity index (χ2n) is 8.51. The van der Waals surface area contributed by atoms with Crippen LogP contribution in [0.15, 0.2) is 39.5 Å². The fourth-order valence-electron chi connectivity index (χ4n) is 3.98. The van der Waals surface area contributed by atoms with Crippen LogP contribution in [0, 0.1) is 11.3 Å². The van der Waals surface area contributed by atoms with E-state index >= 15 is 0 Å². The van der Waals surface area contributed by atoms with Gasteiger partial charge >= 0.3 is 5.97 Å². The number of hydrogen-bond acceptors (Lipinski definition) is 5. The Morgan fingerprint density at radius 2 is 1.86 bits per heavy atom. The van der Waals surface area contributed by atoms with Crippen LogP contribution in [-0.2, 0) is 9.53 Å². The van der Waals surface area contributed by atoms with Crippen molar-refractivity contribution >= 4 is 22.8 Å². The average Bonchev–Trinajstić information content (AvgIpc) is 2.72. The van der Waals surface area contributed by atoms with Gasteiger partial charge in [-0.1, -0.05) is 39.3 Å². The van der Waals surface area contributed by atoms with Crippen LogP contribution in [0.25, 0.3) is 11.0 Å². The van der Waals surface area contributed by atoms with Gasteiger partial charge in [0.1, 0.15) is 5.58 Å². The Morgan fingerprint density at radius 3 is 2.55 bits per heavy atom. The first-order valence-corrected chi connectivity index (χ1v) is 10.3. The summed E-state index contributed by atoms with van der Waals surface area (Å²) in [6.45, 7) is 6.44. The fourth-order valence-corrected chi connectivity index (χ4v) is 3.98. The number of esters is 1. The Morgan fingerprint density at radius 1 is 1.17 bits per heavy atom. The first-order chi connectivity index (χ1) is 13.8. The zero-order chi connectivity index (χ0) is 21.0. The van der Waals surface area contributed by atoms with Crippen molar-refractivity contribution in [2.24, 2.45) is 11.3 Å². The zero-order valence-electron chi connectivity index (χ0n) is 17.3. The summed E-state index contributed by atoms with van der Waals surface area (Å²) in [6, 6.07) is 7.88. The number of nitrogens with one attached hydrogen (secondary N) is 1. The molecule has 6 heteroatoms. The van der Waals surface area contributed by atoms with E-state index < -0.39 is 12.6 Å². The molecule has 0 saturated heterocycles. The Kier molecular flexibility index (Phi) is 6.40. The van der Waals surface area contributed by atoms with Gasteiger partial charge in [0, 0.05) is 12.1 Å². The van der Waals surface area contributed by atoms with E-state index in [-0.39, 0.29) is 23.1 Å². The van der Waals surface area contributed by atoms with Crippen molar-refractivity contribution in [2.75, 3.05) is 6.61 Å². The van der Waals surface area contributed by atoms with E-state index in [0.29, 0.717) is 22.3 Å². The number of fused-ring (bicyclic) bond motifs is 1. The minimum Gasteiger partial charge on any atom is -0.450 e. The summed E-state index contributed by atoms with van der Waals surface area (Å²) in [5, 5.41) is 3.34. The molecule has 1 N–H and O–H groups in total. The van der Waals surface area contributed by atoms with E-state index in [0.717, 1.165) is 38.2 Å². The zero-order valence-corrected chi connectivity index (χ0v) is 17.3. The predicted octanol–water partition coefficient (Wildman–Crippen LogP) is 4.06. The van der Waals surface area contributed by atoms with Crippen molar-refractivity contribution in [2.45, 2.75) is 58.9 Å². The van der Waals surface area contributed by atoms with E-state index in [1.165, 1.54) is 0 Å². The predicted molar refractivity (Wildman–Crippen MR) is 111 cm³/mol. The number of rotatable bonds is 6. The van der Waals surface area contributed by atoms with E-state index in [2.05, 4.69) is 26.1 Å². The summed E-state index contributed by atoms with van der Waals surface area (Å²) in [5.41, 5.74) is 0.312. The molecule has 1 heterocycles. The molecule has 2 aromatic rings. The number of hydrogen-bond donors (Lipinski definition) is 1. The van der Waals surface area contributed by atoms with Crippen LogP contribution in [0.5, 0.6) is 0 Å². The lowest BCUT2D eigenvalue weighted by Crippen LogP contribution is -2.41. The molecule has 1 aromatic heterocycles. The molecule has 1 aliphatic carbocycles. The number of para-hydroxylation sites is 1. The Balaban J connectivity index is 1.50. The van der Waals surface area contributed by atoms with Gasteiger partial charge in [0.15, 0.2) is 12.0 Å². The van der Waals surface area contributed by atoms with Gasteiger partial charge in [-0.3, -0.25) is 9.59 Å². The third-order valence-electron chi connectivity index (χ3n) is 6.28. The highest BCUT2D eigenvalue weighted by molar-refractivity contribution is 5.90. The fraction of sp³-hybridized carbons (Fsp3) is 0.522. The van der Waals surface area contributed by atoms with Crippen LogP contribution in [0.3, 0.4) is 0 Å². The van der Waals surface area contributed by atoms with E-state index in [1.807, 2.05) is 0 Å². The molecule has 0 unspecified atom stereocenters. The first kappa shape index (κ1) is 21.1. The van der Waals surface area contributed by atoms with Crippen LogP contribution < -0.4 is 10.7 Å². The van der Waals surface area contributed by atoms with Gasteiger partial charge in [-0.15, -0.1) is 0 Å². The molecule has 0 aliphatic heterocycles. The number of ether oxygens (including phenoxy) is 1. The number of carbonyl (C=O) groups is 2. The lowest BCUT2D eigenvalue weighted by molar-refractivity contribution is -0.125. The Bertz CT molecular complexity index is 938. The lowest BCUT2D eigenvalue weighted by Gasteiger charge is -2.39. The highest BCUT2D eigenvalue weighted by Gasteiger charge is 2.32. The van der Waals surface area contributed by atoms with Crippen molar-refractivity contribution in [3.8, 4) is 0 Å². The van der Waals surface area contributed by atoms with Gasteiger partial charge in [0.2, 0.25) is 5.76 Å². The van der Waals surface area contributed by atoms with Gasteiger partial charge in [-0.2, -0.15) is 0 Å². The molecular formula is C23H29NO5. The summed E-state index contributed by atoms with van der Waals surface area (Å²) >= 11 is 0. The molecule has 1 aromatic carbocycles. The van der Waals surface area contributed by atoms with Gasteiger partial charge in [-0.25, -0.2) is 4.79 Å². The van der Waals surface area contributed by atoms with E-state index in [4.69, 9.17) is 9.15 Å². The van der Waals surface area contributed by atoms with Crippen molar-refractivity contribution in [1.29, 1.82) is 0 Å². The van der Waals surface area contributed by atoms with Gasteiger partial charge in [0.25, 0.3) is 5.91 Å². The molecule has 156 valence electrons. The number of carbonyl (C=O) groups excluding carboxylic acids is 2. The van der Waals surface area contributed by atoms with E-state index in [1.54, 1.807) is 24.3 Å². The third kappa shape index (κ3) is 5.05. The average molecular weight is 399 g/mol. The smallest absolute Gasteiger partial charge is 0.374 e. The second-order valence-corrected chi connectivity index (χ2v) is 8.51. The van der Waals surface area contributed by atoms with Gasteiger partial charge < -0.3 is 14.5 Å². The molecule has 3 rings (SSSR count).